The molecule has 0 bridgehead atoms. The van der Waals surface area contributed by atoms with E-state index >= 15 is 0 Å². The molecule has 0 spiro atoms. The van der Waals surface area contributed by atoms with Gasteiger partial charge in [0.15, 0.2) is 5.82 Å². The van der Waals surface area contributed by atoms with E-state index in [2.05, 4.69) is 9.97 Å². The lowest BCUT2D eigenvalue weighted by atomic mass is 10.2. The van der Waals surface area contributed by atoms with Gasteiger partial charge in [0.25, 0.3) is 5.56 Å². The first-order valence-electron chi connectivity index (χ1n) is 9.31. The van der Waals surface area contributed by atoms with Crippen molar-refractivity contribution in [3.8, 4) is 11.4 Å². The summed E-state index contributed by atoms with van der Waals surface area (Å²) in [4.78, 5) is 20.2. The van der Waals surface area contributed by atoms with Gasteiger partial charge in [-0.1, -0.05) is 11.6 Å². The van der Waals surface area contributed by atoms with E-state index in [0.29, 0.717) is 6.07 Å². The Balaban J connectivity index is 2.09. The topological polar surface area (TPSA) is 57.0 Å². The molecule has 3 rings (SSSR count). The van der Waals surface area contributed by atoms with Crippen molar-refractivity contribution in [1.29, 1.82) is 0 Å². The summed E-state index contributed by atoms with van der Waals surface area (Å²) in [6.07, 6.45) is 3.22. The SMILES string of the molecule is [2H]c1c(OCc2ncc(F)cc2F)c(Cl)c(C)n(-c2ccncc2C([2H])([2H])[2H])c1=O. The molecule has 0 aliphatic carbocycles. The number of aromatic nitrogens is 3. The summed E-state index contributed by atoms with van der Waals surface area (Å²) in [5.41, 5.74) is -1.22. The second kappa shape index (κ2) is 7.21. The molecule has 0 aliphatic rings. The molecule has 0 saturated heterocycles. The second-order valence-electron chi connectivity index (χ2n) is 5.26. The molecule has 5 nitrogen and oxygen atoms in total. The zero-order valence-electron chi connectivity index (χ0n) is 17.4. The molecule has 3 aromatic rings. The van der Waals surface area contributed by atoms with E-state index < -0.39 is 36.7 Å². The number of aryl methyl sites for hydroxylation is 1. The van der Waals surface area contributed by atoms with Gasteiger partial charge in [-0.25, -0.2) is 8.78 Å². The van der Waals surface area contributed by atoms with Crippen molar-refractivity contribution < 1.29 is 19.0 Å². The van der Waals surface area contributed by atoms with Crippen LogP contribution in [0, 0.1) is 25.4 Å². The molecule has 3 heterocycles. The Labute approximate surface area is 158 Å². The first-order valence-corrected chi connectivity index (χ1v) is 7.69. The fourth-order valence-electron chi connectivity index (χ4n) is 2.28. The average molecular weight is 382 g/mol. The Morgan fingerprint density at radius 2 is 2.23 bits per heavy atom. The molecular formula is C18H14ClF2N3O2. The van der Waals surface area contributed by atoms with E-state index in [4.69, 9.17) is 21.8 Å². The Kier molecular flexibility index (Phi) is 3.72. The van der Waals surface area contributed by atoms with Gasteiger partial charge in [0.1, 0.15) is 28.9 Å². The maximum atomic E-state index is 13.8. The highest BCUT2D eigenvalue weighted by molar-refractivity contribution is 6.32. The average Bonchev–Trinajstić information content (AvgIpc) is 2.67. The summed E-state index contributed by atoms with van der Waals surface area (Å²) in [6, 6.07) is 1.28. The van der Waals surface area contributed by atoms with Crippen LogP contribution in [0.3, 0.4) is 0 Å². The summed E-state index contributed by atoms with van der Waals surface area (Å²) in [6.45, 7) is -1.63. The molecule has 0 atom stereocenters. The van der Waals surface area contributed by atoms with Crippen molar-refractivity contribution in [2.75, 3.05) is 0 Å². The van der Waals surface area contributed by atoms with Gasteiger partial charge in [0.2, 0.25) is 0 Å². The van der Waals surface area contributed by atoms with Gasteiger partial charge in [-0.15, -0.1) is 0 Å². The Bertz CT molecular complexity index is 1190. The van der Waals surface area contributed by atoms with Crippen LogP contribution in [-0.2, 0) is 6.61 Å². The second-order valence-corrected chi connectivity index (χ2v) is 5.64. The van der Waals surface area contributed by atoms with Crippen LogP contribution < -0.4 is 10.3 Å². The van der Waals surface area contributed by atoms with Crippen molar-refractivity contribution >= 4 is 11.6 Å². The zero-order chi connectivity index (χ0) is 22.2. The lowest BCUT2D eigenvalue weighted by Crippen LogP contribution is -2.21. The molecule has 0 aliphatic heterocycles. The van der Waals surface area contributed by atoms with E-state index in [1.54, 1.807) is 0 Å². The minimum Gasteiger partial charge on any atom is -0.485 e. The number of rotatable bonds is 4. The third-order valence-corrected chi connectivity index (χ3v) is 4.00. The molecule has 0 amide bonds. The zero-order valence-corrected chi connectivity index (χ0v) is 14.1. The van der Waals surface area contributed by atoms with Gasteiger partial charge < -0.3 is 4.74 Å². The molecule has 0 N–H and O–H groups in total. The predicted molar refractivity (Wildman–Crippen MR) is 92.8 cm³/mol. The molecule has 0 fully saturated rings. The summed E-state index contributed by atoms with van der Waals surface area (Å²) in [5, 5.41) is -0.143. The highest BCUT2D eigenvalue weighted by Crippen LogP contribution is 2.28. The van der Waals surface area contributed by atoms with Gasteiger partial charge in [-0.05, 0) is 25.4 Å². The number of halogens is 3. The summed E-state index contributed by atoms with van der Waals surface area (Å²) in [7, 11) is 0. The summed E-state index contributed by atoms with van der Waals surface area (Å²) in [5.74, 6) is -2.15. The lowest BCUT2D eigenvalue weighted by molar-refractivity contribution is 0.292. The monoisotopic (exact) mass is 381 g/mol. The first kappa shape index (κ1) is 13.4. The van der Waals surface area contributed by atoms with Gasteiger partial charge in [0.05, 0.1) is 13.3 Å². The fourth-order valence-corrected chi connectivity index (χ4v) is 2.47. The van der Waals surface area contributed by atoms with E-state index in [1.165, 1.54) is 19.2 Å². The quantitative estimate of drug-likeness (QED) is 0.690. The molecular weight excluding hydrogens is 364 g/mol. The minimum atomic E-state index is -2.56. The molecule has 0 saturated carbocycles. The van der Waals surface area contributed by atoms with Crippen molar-refractivity contribution in [2.45, 2.75) is 20.4 Å². The van der Waals surface area contributed by atoms with Gasteiger partial charge in [-0.2, -0.15) is 0 Å². The van der Waals surface area contributed by atoms with E-state index in [1.807, 2.05) is 0 Å². The largest absolute Gasteiger partial charge is 0.485 e. The van der Waals surface area contributed by atoms with Crippen LogP contribution in [0.2, 0.25) is 5.02 Å². The van der Waals surface area contributed by atoms with Crippen molar-refractivity contribution in [3.63, 3.8) is 0 Å². The highest BCUT2D eigenvalue weighted by Gasteiger charge is 2.16. The number of pyridine rings is 3. The van der Waals surface area contributed by atoms with Crippen LogP contribution in [0.15, 0.2) is 41.6 Å². The minimum absolute atomic E-state index is 0.000644. The van der Waals surface area contributed by atoms with Gasteiger partial charge >= 0.3 is 0 Å². The van der Waals surface area contributed by atoms with Crippen LogP contribution in [0.5, 0.6) is 5.75 Å². The van der Waals surface area contributed by atoms with E-state index in [-0.39, 0.29) is 33.4 Å². The van der Waals surface area contributed by atoms with Crippen molar-refractivity contribution in [1.82, 2.24) is 14.5 Å². The van der Waals surface area contributed by atoms with Crippen LogP contribution >= 0.6 is 11.6 Å². The van der Waals surface area contributed by atoms with Crippen molar-refractivity contribution in [2.24, 2.45) is 0 Å². The summed E-state index contributed by atoms with van der Waals surface area (Å²) < 4.78 is 64.2. The van der Waals surface area contributed by atoms with Gasteiger partial charge in [-0.3, -0.25) is 19.3 Å². The third-order valence-electron chi connectivity index (χ3n) is 3.55. The molecule has 26 heavy (non-hydrogen) atoms. The number of hydrogen-bond donors (Lipinski definition) is 0. The first-order chi connectivity index (χ1) is 14.0. The highest BCUT2D eigenvalue weighted by atomic mass is 35.5. The van der Waals surface area contributed by atoms with Crippen LogP contribution in [0.4, 0.5) is 8.78 Å². The molecule has 0 unspecified atom stereocenters. The third kappa shape index (κ3) is 3.43. The summed E-state index contributed by atoms with van der Waals surface area (Å²) >= 11 is 6.29. The molecule has 8 heteroatoms. The van der Waals surface area contributed by atoms with Crippen LogP contribution in [0.1, 0.15) is 22.4 Å². The Morgan fingerprint density at radius 1 is 1.42 bits per heavy atom. The molecule has 0 radical (unpaired) electrons. The number of nitrogens with zero attached hydrogens (tertiary/aromatic N) is 3. The molecule has 3 aromatic heterocycles. The van der Waals surface area contributed by atoms with E-state index in [9.17, 15) is 13.6 Å². The van der Waals surface area contributed by atoms with Gasteiger partial charge in [0, 0.05) is 34.3 Å². The van der Waals surface area contributed by atoms with Crippen molar-refractivity contribution in [3.05, 3.63) is 80.7 Å². The number of hydrogen-bond acceptors (Lipinski definition) is 4. The fraction of sp³-hybridized carbons (Fsp3) is 0.167. The maximum Gasteiger partial charge on any atom is 0.259 e. The standard InChI is InChI=1S/C18H14ClF2N3O2/c1-10-7-22-4-3-15(10)24-11(2)18(19)16(6-17(24)25)26-9-14-13(21)5-12(20)8-23-14/h3-8H,9H2,1-2H3/i1D3,6D. The molecule has 134 valence electrons. The lowest BCUT2D eigenvalue weighted by Gasteiger charge is -2.16. The normalized spacial score (nSPS) is 13.5. The number of ether oxygens (including phenoxy) is 1. The maximum absolute atomic E-state index is 13.8. The predicted octanol–water partition coefficient (Wildman–Crippen LogP) is 3.75. The molecule has 0 aromatic carbocycles. The van der Waals surface area contributed by atoms with Crippen LogP contribution in [-0.4, -0.2) is 14.5 Å². The Morgan fingerprint density at radius 3 is 2.96 bits per heavy atom. The van der Waals surface area contributed by atoms with Crippen LogP contribution in [0.25, 0.3) is 5.69 Å². The smallest absolute Gasteiger partial charge is 0.259 e. The Hall–Kier alpha value is -2.80. The van der Waals surface area contributed by atoms with E-state index in [0.717, 1.165) is 17.0 Å².